The normalized spacial score (nSPS) is 14.0. The molecule has 1 aliphatic heterocycles. The second-order valence-electron chi connectivity index (χ2n) is 5.58. The van der Waals surface area contributed by atoms with E-state index in [1.807, 2.05) is 36.4 Å². The van der Waals surface area contributed by atoms with Crippen molar-refractivity contribution in [2.45, 2.75) is 18.7 Å². The Morgan fingerprint density at radius 1 is 1.11 bits per heavy atom. The predicted molar refractivity (Wildman–Crippen MR) is 110 cm³/mol. The third-order valence-electron chi connectivity index (χ3n) is 3.28. The number of nitrogens with zero attached hydrogens (tertiary/aromatic N) is 2. The number of aromatic nitrogens is 1. The minimum atomic E-state index is -0.125. The summed E-state index contributed by atoms with van der Waals surface area (Å²) in [6.45, 7) is 2.85. The zero-order valence-corrected chi connectivity index (χ0v) is 18.7. The molecule has 2 aromatic carbocycles. The molecule has 1 aliphatic rings. The molecule has 1 radical (unpaired) electrons. The third kappa shape index (κ3) is 6.04. The zero-order valence-electron chi connectivity index (χ0n) is 14.7. The van der Waals surface area contributed by atoms with Crippen molar-refractivity contribution in [2.75, 3.05) is 0 Å². The largest absolute Gasteiger partial charge is 0.651 e. The van der Waals surface area contributed by atoms with Gasteiger partial charge in [-0.2, -0.15) is 0 Å². The van der Waals surface area contributed by atoms with Gasteiger partial charge in [-0.1, -0.05) is 35.4 Å². The third-order valence-corrected chi connectivity index (χ3v) is 5.25. The summed E-state index contributed by atoms with van der Waals surface area (Å²) >= 11 is 3.40. The van der Waals surface area contributed by atoms with Crippen LogP contribution < -0.4 is 0 Å². The molecule has 4 nitrogen and oxygen atoms in total. The number of aliphatic hydroxyl groups excluding tert-OH is 1. The fourth-order valence-electron chi connectivity index (χ4n) is 2.30. The summed E-state index contributed by atoms with van der Waals surface area (Å²) in [5.41, 5.74) is 2.11. The van der Waals surface area contributed by atoms with E-state index in [2.05, 4.69) is 28.5 Å². The van der Waals surface area contributed by atoms with Gasteiger partial charge < -0.3 is 10.4 Å². The first-order valence-electron chi connectivity index (χ1n) is 7.95. The number of hydrogen-bond donors (Lipinski definition) is 1. The van der Waals surface area contributed by atoms with Gasteiger partial charge in [0.2, 0.25) is 0 Å². The number of carbonyl (C=O) groups is 1. The molecule has 0 atom stereocenters. The van der Waals surface area contributed by atoms with E-state index >= 15 is 0 Å². The molecule has 0 bridgehead atoms. The van der Waals surface area contributed by atoms with Crippen LogP contribution >= 0.6 is 23.1 Å². The molecule has 0 unspecified atom stereocenters. The van der Waals surface area contributed by atoms with E-state index in [4.69, 9.17) is 5.11 Å². The molecule has 0 saturated carbocycles. The number of ketones is 1. The predicted octanol–water partition coefficient (Wildman–Crippen LogP) is 6.44. The number of allylic oxidation sites excluding steroid dienone is 2. The van der Waals surface area contributed by atoms with E-state index in [1.54, 1.807) is 23.1 Å². The topological polar surface area (TPSA) is 64.3 Å². The quantitative estimate of drug-likeness (QED) is 0.283. The van der Waals surface area contributed by atoms with Crippen LogP contribution in [0.15, 0.2) is 70.3 Å². The smallest absolute Gasteiger partial charge is 0.155 e. The molecule has 0 spiro atoms. The Hall–Kier alpha value is -1.92. The number of carbonyl (C=O) groups excluding carboxylic acids is 1. The van der Waals surface area contributed by atoms with Crippen molar-refractivity contribution >= 4 is 50.9 Å². The monoisotopic (exact) mass is 574 g/mol. The van der Waals surface area contributed by atoms with Gasteiger partial charge in [0.1, 0.15) is 5.01 Å². The number of aliphatic hydroxyl groups is 1. The van der Waals surface area contributed by atoms with E-state index in [-0.39, 0.29) is 31.6 Å². The second kappa shape index (κ2) is 9.85. The summed E-state index contributed by atoms with van der Waals surface area (Å²) in [6.07, 6.45) is 3.23. The van der Waals surface area contributed by atoms with Crippen molar-refractivity contribution in [3.05, 3.63) is 75.7 Å². The van der Waals surface area contributed by atoms with Crippen LogP contribution in [0, 0.1) is 0 Å². The number of rotatable bonds is 2. The average Bonchev–Trinajstić information content (AvgIpc) is 3.16. The summed E-state index contributed by atoms with van der Waals surface area (Å²) in [6, 6.07) is 16.4. The first-order valence-corrected chi connectivity index (χ1v) is 9.58. The molecule has 0 saturated heterocycles. The maximum Gasteiger partial charge on any atom is 0.155 e. The van der Waals surface area contributed by atoms with Gasteiger partial charge in [0.15, 0.2) is 5.78 Å². The maximum absolute atomic E-state index is 10.0. The first kappa shape index (κ1) is 21.4. The van der Waals surface area contributed by atoms with Crippen LogP contribution in [-0.2, 0) is 24.9 Å². The van der Waals surface area contributed by atoms with Gasteiger partial charge in [0.05, 0.1) is 16.0 Å². The maximum atomic E-state index is 10.0. The van der Waals surface area contributed by atoms with Gasteiger partial charge in [-0.3, -0.25) is 4.79 Å². The van der Waals surface area contributed by atoms with E-state index in [9.17, 15) is 4.79 Å². The Kier molecular flexibility index (Phi) is 7.80. The Labute approximate surface area is 179 Å². The van der Waals surface area contributed by atoms with Gasteiger partial charge in [0, 0.05) is 26.2 Å². The Morgan fingerprint density at radius 3 is 2.44 bits per heavy atom. The van der Waals surface area contributed by atoms with Crippen LogP contribution in [0.5, 0.6) is 0 Å². The first-order chi connectivity index (χ1) is 12.5. The van der Waals surface area contributed by atoms with Crippen molar-refractivity contribution in [1.29, 1.82) is 0 Å². The van der Waals surface area contributed by atoms with Gasteiger partial charge in [-0.25, -0.2) is 4.98 Å². The van der Waals surface area contributed by atoms with E-state index < -0.39 is 0 Å². The number of fused-ring (bicyclic) bond motifs is 2. The van der Waals surface area contributed by atoms with Crippen LogP contribution in [0.4, 0.5) is 5.69 Å². The van der Waals surface area contributed by atoms with Gasteiger partial charge in [-0.15, -0.1) is 28.8 Å². The molecule has 0 fully saturated rings. The Bertz CT molecular complexity index is 948. The molecule has 27 heavy (non-hydrogen) atoms. The van der Waals surface area contributed by atoms with Crippen LogP contribution in [0.2, 0.25) is 0 Å². The molecule has 141 valence electrons. The van der Waals surface area contributed by atoms with Crippen LogP contribution in [0.1, 0.15) is 18.9 Å². The van der Waals surface area contributed by atoms with Crippen molar-refractivity contribution in [3.8, 4) is 0 Å². The summed E-state index contributed by atoms with van der Waals surface area (Å²) < 4.78 is 1.22. The molecule has 3 aromatic rings. The molecule has 0 aliphatic carbocycles. The SMILES string of the molecule is C(=C1/[N-]c2ccccc2S1)/c1nc2ccccc2s1.CC(=O)/C=C(/C)O.[Ir]. The molecule has 1 N–H and O–H groups in total. The number of para-hydroxylation sites is 2. The van der Waals surface area contributed by atoms with Crippen LogP contribution in [0.25, 0.3) is 21.6 Å². The van der Waals surface area contributed by atoms with E-state index in [0.717, 1.165) is 21.2 Å². The molecule has 7 heteroatoms. The fraction of sp³-hybridized carbons (Fsp3) is 0.100. The summed E-state index contributed by atoms with van der Waals surface area (Å²) in [7, 11) is 0. The molecule has 0 amide bonds. The number of thiazole rings is 1. The molecular weight excluding hydrogens is 557 g/mol. The van der Waals surface area contributed by atoms with E-state index in [0.29, 0.717) is 0 Å². The molecule has 1 aromatic heterocycles. The van der Waals surface area contributed by atoms with Crippen molar-refractivity contribution in [3.63, 3.8) is 0 Å². The number of thioether (sulfide) groups is 1. The summed E-state index contributed by atoms with van der Waals surface area (Å²) in [5.74, 6) is -0.0625. The van der Waals surface area contributed by atoms with Gasteiger partial charge in [-0.05, 0) is 43.0 Å². The van der Waals surface area contributed by atoms with Crippen LogP contribution in [0.3, 0.4) is 0 Å². The summed E-state index contributed by atoms with van der Waals surface area (Å²) in [4.78, 5) is 15.8. The fourth-order valence-corrected chi connectivity index (χ4v) is 4.19. The summed E-state index contributed by atoms with van der Waals surface area (Å²) in [5, 5.41) is 15.0. The van der Waals surface area contributed by atoms with Crippen molar-refractivity contribution in [1.82, 2.24) is 4.98 Å². The Balaban J connectivity index is 0.000000285. The number of benzene rings is 2. The van der Waals surface area contributed by atoms with Crippen LogP contribution in [-0.4, -0.2) is 15.9 Å². The van der Waals surface area contributed by atoms with Gasteiger partial charge in [0.25, 0.3) is 0 Å². The molecule has 2 heterocycles. The average molecular weight is 574 g/mol. The molecule has 4 rings (SSSR count). The van der Waals surface area contributed by atoms with Crippen molar-refractivity contribution < 1.29 is 30.0 Å². The van der Waals surface area contributed by atoms with E-state index in [1.165, 1.54) is 29.5 Å². The van der Waals surface area contributed by atoms with Crippen molar-refractivity contribution in [2.24, 2.45) is 0 Å². The molecular formula is C20H17IrN2O2S2-. The number of hydrogen-bond acceptors (Lipinski definition) is 5. The zero-order chi connectivity index (χ0) is 18.5. The Morgan fingerprint density at radius 2 is 1.81 bits per heavy atom. The second-order valence-corrected chi connectivity index (χ2v) is 7.70. The minimum Gasteiger partial charge on any atom is -0.651 e. The minimum absolute atomic E-state index is 0. The van der Waals surface area contributed by atoms with Gasteiger partial charge >= 0.3 is 0 Å². The standard InChI is InChI=1S/C15H9N2S2.C5H8O2.Ir/c1-3-7-12-10(5-1)16-14(18-12)9-15-17-11-6-2-4-8-13(11)19-15;1-4(6)3-5(2)7;/h1-9H;3,6H,1-2H3;/q-1;;/b14-9+;4-3-;.